The number of halogens is 1. The van der Waals surface area contributed by atoms with Crippen LogP contribution < -0.4 is 0 Å². The molecule has 0 N–H and O–H groups in total. The first-order chi connectivity index (χ1) is 13.2. The monoisotopic (exact) mass is 423 g/mol. The highest BCUT2D eigenvalue weighted by atomic mass is 32.2. The van der Waals surface area contributed by atoms with E-state index in [9.17, 15) is 21.2 Å². The van der Waals surface area contributed by atoms with Gasteiger partial charge >= 0.3 is 0 Å². The fraction of sp³-hybridized carbons (Fsp3) is 0.300. The lowest BCUT2D eigenvalue weighted by molar-refractivity contribution is 0.349. The lowest BCUT2D eigenvalue weighted by Crippen LogP contribution is -2.41. The molecule has 3 rings (SSSR count). The summed E-state index contributed by atoms with van der Waals surface area (Å²) in [5, 5.41) is 0.484. The second-order valence-electron chi connectivity index (χ2n) is 6.86. The van der Waals surface area contributed by atoms with Gasteiger partial charge in [-0.05, 0) is 55.7 Å². The molecule has 1 aliphatic rings. The third kappa shape index (κ3) is 4.68. The molecule has 0 atom stereocenters. The second-order valence-corrected chi connectivity index (χ2v) is 10.9. The normalized spacial score (nSPS) is 17.2. The number of aryl methyl sites for hydroxylation is 1. The Hall–Kier alpha value is -2.03. The molecule has 0 aromatic heterocycles. The standard InChI is InChI=1S/C20H22FNO4S2/c1-16-2-4-17(5-3-16)12-15-27(23,24)22-13-10-20(11-14-22)28(25,26)19-8-6-18(21)7-9-19/h2-9,12,15,20H,10-11,13-14H2,1H3/b15-12+. The zero-order chi connectivity index (χ0) is 20.4. The van der Waals surface area contributed by atoms with E-state index in [1.807, 2.05) is 31.2 Å². The van der Waals surface area contributed by atoms with Gasteiger partial charge in [0, 0.05) is 18.5 Å². The Kier molecular flexibility index (Phi) is 6.02. The first-order valence-electron chi connectivity index (χ1n) is 8.93. The average Bonchev–Trinajstić information content (AvgIpc) is 2.68. The zero-order valence-corrected chi connectivity index (χ0v) is 17.1. The minimum absolute atomic E-state index is 0.0643. The van der Waals surface area contributed by atoms with Crippen molar-refractivity contribution in [2.75, 3.05) is 13.1 Å². The number of hydrogen-bond acceptors (Lipinski definition) is 4. The highest BCUT2D eigenvalue weighted by molar-refractivity contribution is 7.92. The largest absolute Gasteiger partial charge is 0.236 e. The number of sulfonamides is 1. The van der Waals surface area contributed by atoms with Crippen LogP contribution in [0.1, 0.15) is 24.0 Å². The van der Waals surface area contributed by atoms with E-state index in [2.05, 4.69) is 0 Å². The van der Waals surface area contributed by atoms with Crippen molar-refractivity contribution in [3.63, 3.8) is 0 Å². The maximum atomic E-state index is 13.0. The Morgan fingerprint density at radius 1 is 0.929 bits per heavy atom. The van der Waals surface area contributed by atoms with Crippen LogP contribution in [-0.2, 0) is 19.9 Å². The molecular formula is C20H22FNO4S2. The van der Waals surface area contributed by atoms with Crippen molar-refractivity contribution in [1.29, 1.82) is 0 Å². The van der Waals surface area contributed by atoms with Crippen LogP contribution in [0.4, 0.5) is 4.39 Å². The Bertz CT molecular complexity index is 1050. The fourth-order valence-electron chi connectivity index (χ4n) is 3.14. The second kappa shape index (κ2) is 8.14. The van der Waals surface area contributed by atoms with E-state index in [4.69, 9.17) is 0 Å². The van der Waals surface area contributed by atoms with Crippen molar-refractivity contribution in [2.24, 2.45) is 0 Å². The molecule has 0 saturated carbocycles. The van der Waals surface area contributed by atoms with Gasteiger partial charge < -0.3 is 0 Å². The third-order valence-corrected chi connectivity index (χ3v) is 8.69. The molecule has 0 radical (unpaired) electrons. The van der Waals surface area contributed by atoms with E-state index in [0.29, 0.717) is 0 Å². The molecule has 28 heavy (non-hydrogen) atoms. The van der Waals surface area contributed by atoms with Gasteiger partial charge in [0.05, 0.1) is 10.1 Å². The maximum absolute atomic E-state index is 13.0. The zero-order valence-electron chi connectivity index (χ0n) is 15.5. The highest BCUT2D eigenvalue weighted by Gasteiger charge is 2.34. The minimum Gasteiger partial charge on any atom is -0.223 e. The number of nitrogens with zero attached hydrogens (tertiary/aromatic N) is 1. The quantitative estimate of drug-likeness (QED) is 0.692. The van der Waals surface area contributed by atoms with Gasteiger partial charge in [-0.3, -0.25) is 0 Å². The van der Waals surface area contributed by atoms with E-state index in [1.54, 1.807) is 0 Å². The van der Waals surface area contributed by atoms with Crippen LogP contribution in [0.25, 0.3) is 6.08 Å². The van der Waals surface area contributed by atoms with Crippen molar-refractivity contribution in [3.05, 3.63) is 70.9 Å². The van der Waals surface area contributed by atoms with Crippen molar-refractivity contribution >= 4 is 25.9 Å². The first-order valence-corrected chi connectivity index (χ1v) is 12.0. The van der Waals surface area contributed by atoms with Crippen LogP contribution in [0.3, 0.4) is 0 Å². The molecule has 1 saturated heterocycles. The van der Waals surface area contributed by atoms with Crippen molar-refractivity contribution in [1.82, 2.24) is 4.31 Å². The van der Waals surface area contributed by atoms with Crippen molar-refractivity contribution in [3.8, 4) is 0 Å². The van der Waals surface area contributed by atoms with Gasteiger partial charge in [-0.25, -0.2) is 21.2 Å². The number of sulfone groups is 1. The van der Waals surface area contributed by atoms with Gasteiger partial charge in [0.25, 0.3) is 0 Å². The number of benzene rings is 2. The van der Waals surface area contributed by atoms with E-state index >= 15 is 0 Å². The molecule has 1 aliphatic heterocycles. The third-order valence-electron chi connectivity index (χ3n) is 4.85. The van der Waals surface area contributed by atoms with Crippen LogP contribution >= 0.6 is 0 Å². The van der Waals surface area contributed by atoms with Crippen LogP contribution in [0.15, 0.2) is 58.8 Å². The SMILES string of the molecule is Cc1ccc(/C=C/S(=O)(=O)N2CCC(S(=O)(=O)c3ccc(F)cc3)CC2)cc1. The van der Waals surface area contributed by atoms with Gasteiger partial charge in [-0.2, -0.15) is 4.31 Å². The maximum Gasteiger partial charge on any atom is 0.236 e. The van der Waals surface area contributed by atoms with Gasteiger partial charge in [-0.1, -0.05) is 29.8 Å². The molecule has 0 spiro atoms. The van der Waals surface area contributed by atoms with Crippen LogP contribution in [0, 0.1) is 12.7 Å². The highest BCUT2D eigenvalue weighted by Crippen LogP contribution is 2.26. The summed E-state index contributed by atoms with van der Waals surface area (Å²) in [6.07, 6.45) is 1.95. The summed E-state index contributed by atoms with van der Waals surface area (Å²) in [5.74, 6) is -0.500. The Balaban J connectivity index is 1.67. The van der Waals surface area contributed by atoms with E-state index in [-0.39, 0.29) is 30.8 Å². The molecular weight excluding hydrogens is 401 g/mol. The fourth-order valence-corrected chi connectivity index (χ4v) is 6.09. The van der Waals surface area contributed by atoms with E-state index in [1.165, 1.54) is 22.5 Å². The summed E-state index contributed by atoms with van der Waals surface area (Å²) in [5.41, 5.74) is 1.87. The summed E-state index contributed by atoms with van der Waals surface area (Å²) < 4.78 is 64.8. The summed E-state index contributed by atoms with van der Waals surface area (Å²) in [6.45, 7) is 2.21. The Labute approximate surface area is 165 Å². The number of hydrogen-bond donors (Lipinski definition) is 0. The van der Waals surface area contributed by atoms with Gasteiger partial charge in [0.1, 0.15) is 5.82 Å². The van der Waals surface area contributed by atoms with Crippen LogP contribution in [0.2, 0.25) is 0 Å². The predicted octanol–water partition coefficient (Wildman–Crippen LogP) is 3.37. The minimum atomic E-state index is -3.62. The molecule has 0 bridgehead atoms. The number of piperidine rings is 1. The van der Waals surface area contributed by atoms with Crippen molar-refractivity contribution in [2.45, 2.75) is 29.9 Å². The molecule has 1 fully saturated rings. The molecule has 5 nitrogen and oxygen atoms in total. The molecule has 0 aliphatic carbocycles. The molecule has 0 unspecified atom stereocenters. The van der Waals surface area contributed by atoms with Gasteiger partial charge in [0.2, 0.25) is 10.0 Å². The lowest BCUT2D eigenvalue weighted by Gasteiger charge is -2.30. The Morgan fingerprint density at radius 3 is 2.07 bits per heavy atom. The molecule has 150 valence electrons. The predicted molar refractivity (Wildman–Crippen MR) is 107 cm³/mol. The summed E-state index contributed by atoms with van der Waals surface area (Å²) in [6, 6.07) is 12.2. The smallest absolute Gasteiger partial charge is 0.223 e. The number of rotatable bonds is 5. The molecule has 0 amide bonds. The van der Waals surface area contributed by atoms with Gasteiger partial charge in [0.15, 0.2) is 9.84 Å². The lowest BCUT2D eigenvalue weighted by atomic mass is 10.2. The summed E-state index contributed by atoms with van der Waals surface area (Å²) in [7, 11) is -7.24. The Morgan fingerprint density at radius 2 is 1.50 bits per heavy atom. The van der Waals surface area contributed by atoms with Crippen LogP contribution in [0.5, 0.6) is 0 Å². The average molecular weight is 424 g/mol. The summed E-state index contributed by atoms with van der Waals surface area (Å²) in [4.78, 5) is 0.0643. The molecule has 2 aromatic rings. The molecule has 2 aromatic carbocycles. The van der Waals surface area contributed by atoms with E-state index < -0.39 is 30.9 Å². The topological polar surface area (TPSA) is 71.5 Å². The summed E-state index contributed by atoms with van der Waals surface area (Å²) >= 11 is 0. The van der Waals surface area contributed by atoms with Crippen LogP contribution in [-0.4, -0.2) is 39.5 Å². The molecule has 8 heteroatoms. The molecule has 1 heterocycles. The van der Waals surface area contributed by atoms with Crippen molar-refractivity contribution < 1.29 is 21.2 Å². The van der Waals surface area contributed by atoms with E-state index in [0.717, 1.165) is 28.7 Å². The first kappa shape index (κ1) is 20.7. The van der Waals surface area contributed by atoms with Gasteiger partial charge in [-0.15, -0.1) is 0 Å².